The zero-order valence-corrected chi connectivity index (χ0v) is 10.1. The van der Waals surface area contributed by atoms with Gasteiger partial charge in [-0.3, -0.25) is 6.29 Å². The van der Waals surface area contributed by atoms with E-state index in [1.54, 1.807) is 0 Å². The van der Waals surface area contributed by atoms with Crippen molar-refractivity contribution in [2.75, 3.05) is 5.75 Å². The predicted octanol–water partition coefficient (Wildman–Crippen LogP) is 1.83. The van der Waals surface area contributed by atoms with Crippen molar-refractivity contribution in [3.8, 4) is 0 Å². The summed E-state index contributed by atoms with van der Waals surface area (Å²) in [7, 11) is 0. The van der Waals surface area contributed by atoms with Gasteiger partial charge in [0.2, 0.25) is 0 Å². The van der Waals surface area contributed by atoms with Crippen molar-refractivity contribution < 1.29 is 37.5 Å². The van der Waals surface area contributed by atoms with Crippen LogP contribution in [0.25, 0.3) is 0 Å². The molecule has 0 aromatic heterocycles. The Balaban J connectivity index is 0. The minimum atomic E-state index is 0. The monoisotopic (exact) mass is 234 g/mol. The van der Waals surface area contributed by atoms with Gasteiger partial charge in [-0.1, -0.05) is 25.7 Å². The molecule has 0 fully saturated rings. The summed E-state index contributed by atoms with van der Waals surface area (Å²) in [5, 5.41) is 0. The molecule has 0 rings (SSSR count). The average Bonchev–Trinajstić information content (AvgIpc) is 1.88. The van der Waals surface area contributed by atoms with E-state index in [4.69, 9.17) is 0 Å². The molecule has 1 nitrogen and oxygen atoms in total. The Kier molecular flexibility index (Phi) is 13.9. The summed E-state index contributed by atoms with van der Waals surface area (Å²) in [4.78, 5) is 9.89. The average molecular weight is 234 g/mol. The van der Waals surface area contributed by atoms with Gasteiger partial charge >= 0.3 is 0 Å². The second kappa shape index (κ2) is 10.1. The summed E-state index contributed by atoms with van der Waals surface area (Å²) in [6.07, 6.45) is 4.69. The summed E-state index contributed by atoms with van der Waals surface area (Å²) >= 11 is 4.10. The largest absolute Gasteiger partial charge is 0.542 e. The van der Waals surface area contributed by atoms with E-state index < -0.39 is 0 Å². The van der Waals surface area contributed by atoms with Crippen molar-refractivity contribution >= 4 is 18.9 Å². The van der Waals surface area contributed by atoms with Gasteiger partial charge in [0.25, 0.3) is 0 Å². The second-order valence-corrected chi connectivity index (χ2v) is 2.55. The summed E-state index contributed by atoms with van der Waals surface area (Å²) in [6, 6.07) is 0. The fourth-order valence-electron chi connectivity index (χ4n) is 0.784. The standard InChI is InChI=1S/C7H13OS.Y/c1-2-3-7(6-9)4-5-8;/h7,9H,2-4,6H2,1H3;/q-1;. The molecule has 3 heteroatoms. The Hall–Kier alpha value is 1.12. The quantitative estimate of drug-likeness (QED) is 0.567. The van der Waals surface area contributed by atoms with Crippen molar-refractivity contribution in [1.82, 2.24) is 0 Å². The smallest absolute Gasteiger partial charge is 0 e. The zero-order chi connectivity index (χ0) is 7.11. The van der Waals surface area contributed by atoms with Gasteiger partial charge in [0, 0.05) is 32.7 Å². The van der Waals surface area contributed by atoms with Gasteiger partial charge in [0.05, 0.1) is 0 Å². The fraction of sp³-hybridized carbons (Fsp3) is 0.857. The molecule has 1 atom stereocenters. The van der Waals surface area contributed by atoms with Crippen LogP contribution in [0.3, 0.4) is 0 Å². The number of hydrogen-bond acceptors (Lipinski definition) is 2. The first-order valence-corrected chi connectivity index (χ1v) is 3.94. The van der Waals surface area contributed by atoms with E-state index in [9.17, 15) is 4.79 Å². The molecular formula is C7H13OSY-. The van der Waals surface area contributed by atoms with Crippen LogP contribution >= 0.6 is 12.6 Å². The molecule has 0 heterocycles. The van der Waals surface area contributed by atoms with Gasteiger partial charge in [-0.2, -0.15) is 12.6 Å². The van der Waals surface area contributed by atoms with E-state index in [0.717, 1.165) is 18.6 Å². The van der Waals surface area contributed by atoms with Crippen molar-refractivity contribution in [2.45, 2.75) is 26.2 Å². The van der Waals surface area contributed by atoms with E-state index in [0.29, 0.717) is 12.3 Å². The third-order valence-electron chi connectivity index (χ3n) is 1.33. The van der Waals surface area contributed by atoms with E-state index in [1.807, 2.05) is 6.29 Å². The van der Waals surface area contributed by atoms with Crippen LogP contribution in [0.15, 0.2) is 0 Å². The summed E-state index contributed by atoms with van der Waals surface area (Å²) in [6.45, 7) is 2.11. The molecule has 0 amide bonds. The first kappa shape index (κ1) is 13.7. The van der Waals surface area contributed by atoms with Crippen LogP contribution in [0.4, 0.5) is 0 Å². The van der Waals surface area contributed by atoms with Crippen LogP contribution in [-0.2, 0) is 37.5 Å². The Labute approximate surface area is 93.6 Å². The molecule has 0 bridgehead atoms. The summed E-state index contributed by atoms with van der Waals surface area (Å²) in [5.41, 5.74) is 0. The molecule has 0 saturated carbocycles. The van der Waals surface area contributed by atoms with Gasteiger partial charge < -0.3 is 4.79 Å². The Morgan fingerprint density at radius 1 is 1.60 bits per heavy atom. The van der Waals surface area contributed by atoms with Gasteiger partial charge in [-0.25, -0.2) is 0 Å². The molecule has 1 unspecified atom stereocenters. The van der Waals surface area contributed by atoms with Gasteiger partial charge in [-0.05, 0) is 5.75 Å². The maximum absolute atomic E-state index is 9.89. The maximum Gasteiger partial charge on any atom is 0 e. The maximum atomic E-state index is 9.89. The van der Waals surface area contributed by atoms with E-state index in [1.165, 1.54) is 0 Å². The van der Waals surface area contributed by atoms with E-state index in [2.05, 4.69) is 19.6 Å². The zero-order valence-electron chi connectivity index (χ0n) is 6.34. The summed E-state index contributed by atoms with van der Waals surface area (Å²) < 4.78 is 0. The normalized spacial score (nSPS) is 11.8. The first-order valence-electron chi connectivity index (χ1n) is 3.31. The van der Waals surface area contributed by atoms with Crippen LogP contribution in [0.1, 0.15) is 26.2 Å². The molecule has 0 spiro atoms. The first-order chi connectivity index (χ1) is 4.35. The van der Waals surface area contributed by atoms with Crippen molar-refractivity contribution in [3.05, 3.63) is 0 Å². The Bertz CT molecular complexity index is 78.0. The predicted molar refractivity (Wildman–Crippen MR) is 42.6 cm³/mol. The molecule has 0 aliphatic heterocycles. The minimum Gasteiger partial charge on any atom is -0.542 e. The molecule has 0 saturated heterocycles. The molecule has 1 radical (unpaired) electrons. The van der Waals surface area contributed by atoms with Crippen molar-refractivity contribution in [3.63, 3.8) is 0 Å². The second-order valence-electron chi connectivity index (χ2n) is 2.19. The Morgan fingerprint density at radius 2 is 2.20 bits per heavy atom. The van der Waals surface area contributed by atoms with E-state index >= 15 is 0 Å². The van der Waals surface area contributed by atoms with Crippen LogP contribution in [-0.4, -0.2) is 12.0 Å². The molecule has 0 aliphatic carbocycles. The van der Waals surface area contributed by atoms with Crippen molar-refractivity contribution in [2.24, 2.45) is 5.92 Å². The molecule has 10 heavy (non-hydrogen) atoms. The number of hydrogen-bond donors (Lipinski definition) is 1. The molecule has 0 aliphatic rings. The van der Waals surface area contributed by atoms with Crippen LogP contribution in [0, 0.1) is 5.92 Å². The molecular weight excluding hydrogens is 221 g/mol. The SMILES string of the molecule is CCCC(CS)C[C-]=O.[Y]. The molecule has 57 valence electrons. The number of thiol groups is 1. The van der Waals surface area contributed by atoms with Gasteiger partial charge in [-0.15, -0.1) is 6.42 Å². The number of rotatable bonds is 5. The van der Waals surface area contributed by atoms with Crippen LogP contribution in [0.2, 0.25) is 0 Å². The Morgan fingerprint density at radius 3 is 2.50 bits per heavy atom. The van der Waals surface area contributed by atoms with Gasteiger partial charge in [0.15, 0.2) is 0 Å². The molecule has 0 N–H and O–H groups in total. The topological polar surface area (TPSA) is 17.1 Å². The van der Waals surface area contributed by atoms with Crippen LogP contribution < -0.4 is 0 Å². The third-order valence-corrected chi connectivity index (χ3v) is 1.84. The molecule has 0 aromatic rings. The fourth-order valence-corrected chi connectivity index (χ4v) is 1.10. The van der Waals surface area contributed by atoms with Gasteiger partial charge in [0.1, 0.15) is 0 Å². The van der Waals surface area contributed by atoms with E-state index in [-0.39, 0.29) is 32.7 Å². The van der Waals surface area contributed by atoms with Crippen LogP contribution in [0.5, 0.6) is 0 Å². The third kappa shape index (κ3) is 7.23. The number of carbonyl (C=O) groups excluding carboxylic acids is 1. The molecule has 0 aromatic carbocycles. The summed E-state index contributed by atoms with van der Waals surface area (Å²) in [5.74, 6) is 1.26. The minimum absolute atomic E-state index is 0. The van der Waals surface area contributed by atoms with Crippen molar-refractivity contribution in [1.29, 1.82) is 0 Å².